The average molecular weight is 273 g/mol. The minimum absolute atomic E-state index is 0.262. The van der Waals surface area contributed by atoms with E-state index in [9.17, 15) is 0 Å². The van der Waals surface area contributed by atoms with Gasteiger partial charge in [0.25, 0.3) is 0 Å². The number of rotatable bonds is 7. The van der Waals surface area contributed by atoms with Crippen LogP contribution in [0.5, 0.6) is 5.75 Å². The van der Waals surface area contributed by atoms with Crippen molar-refractivity contribution in [2.45, 2.75) is 38.8 Å². The van der Waals surface area contributed by atoms with Crippen LogP contribution < -0.4 is 10.1 Å². The summed E-state index contributed by atoms with van der Waals surface area (Å²) in [5.41, 5.74) is 1.19. The van der Waals surface area contributed by atoms with Crippen LogP contribution in [0.4, 0.5) is 0 Å². The Balaban J connectivity index is 1.88. The van der Waals surface area contributed by atoms with Crippen molar-refractivity contribution in [2.75, 3.05) is 7.11 Å². The van der Waals surface area contributed by atoms with Crippen molar-refractivity contribution >= 4 is 0 Å². The normalized spacial score (nSPS) is 13.9. The molecule has 0 spiro atoms. The third-order valence-electron chi connectivity index (χ3n) is 3.54. The molecule has 2 rings (SSSR count). The molecule has 0 saturated heterocycles. The second kappa shape index (κ2) is 7.15. The Hall–Kier alpha value is -1.74. The van der Waals surface area contributed by atoms with Gasteiger partial charge in [-0.1, -0.05) is 18.2 Å². The lowest BCUT2D eigenvalue weighted by molar-refractivity contribution is 0.389. The van der Waals surface area contributed by atoms with Gasteiger partial charge in [-0.05, 0) is 38.5 Å². The number of hydrogen-bond acceptors (Lipinski definition) is 3. The highest BCUT2D eigenvalue weighted by molar-refractivity contribution is 5.35. The highest BCUT2D eigenvalue weighted by Crippen LogP contribution is 2.24. The smallest absolute Gasteiger partial charge is 0.123 e. The number of hydrogen-bond donors (Lipinski definition) is 1. The number of nitrogens with one attached hydrogen (secondary N) is 1. The first kappa shape index (κ1) is 14.7. The molecule has 3 heteroatoms. The highest BCUT2D eigenvalue weighted by atomic mass is 16.5. The topological polar surface area (TPSA) is 34.4 Å². The summed E-state index contributed by atoms with van der Waals surface area (Å²) in [5, 5.41) is 3.61. The molecule has 108 valence electrons. The molecule has 2 aromatic rings. The summed E-state index contributed by atoms with van der Waals surface area (Å²) in [7, 11) is 1.71. The molecule has 0 fully saturated rings. The Bertz CT molecular complexity index is 507. The van der Waals surface area contributed by atoms with Gasteiger partial charge in [-0.15, -0.1) is 0 Å². The van der Waals surface area contributed by atoms with Gasteiger partial charge in [-0.25, -0.2) is 0 Å². The Kier molecular flexibility index (Phi) is 5.24. The molecule has 1 unspecified atom stereocenters. The second-order valence-corrected chi connectivity index (χ2v) is 5.15. The molecule has 3 nitrogen and oxygen atoms in total. The van der Waals surface area contributed by atoms with E-state index in [4.69, 9.17) is 9.15 Å². The summed E-state index contributed by atoms with van der Waals surface area (Å²) < 4.78 is 10.8. The molecule has 0 bridgehead atoms. The maximum absolute atomic E-state index is 5.41. The van der Waals surface area contributed by atoms with E-state index in [-0.39, 0.29) is 6.04 Å². The van der Waals surface area contributed by atoms with E-state index in [0.717, 1.165) is 24.4 Å². The van der Waals surface area contributed by atoms with Crippen molar-refractivity contribution in [1.29, 1.82) is 0 Å². The van der Waals surface area contributed by atoms with Gasteiger partial charge in [0.05, 0.1) is 13.4 Å². The van der Waals surface area contributed by atoms with E-state index in [2.05, 4.69) is 25.2 Å². The molecule has 2 atom stereocenters. The SMILES string of the molecule is COc1ccccc1[C@H](C)NC(C)CCc1ccco1. The van der Waals surface area contributed by atoms with E-state index in [1.165, 1.54) is 5.56 Å². The number of methoxy groups -OCH3 is 1. The van der Waals surface area contributed by atoms with Crippen LogP contribution >= 0.6 is 0 Å². The quantitative estimate of drug-likeness (QED) is 0.829. The van der Waals surface area contributed by atoms with E-state index < -0.39 is 0 Å². The van der Waals surface area contributed by atoms with Crippen molar-refractivity contribution in [3.8, 4) is 5.75 Å². The lowest BCUT2D eigenvalue weighted by Gasteiger charge is -2.21. The fourth-order valence-corrected chi connectivity index (χ4v) is 2.44. The fourth-order valence-electron chi connectivity index (χ4n) is 2.44. The van der Waals surface area contributed by atoms with Gasteiger partial charge >= 0.3 is 0 Å². The first-order valence-electron chi connectivity index (χ1n) is 7.12. The second-order valence-electron chi connectivity index (χ2n) is 5.15. The number of benzene rings is 1. The van der Waals surface area contributed by atoms with Crippen LogP contribution in [0.15, 0.2) is 47.1 Å². The van der Waals surface area contributed by atoms with Crippen molar-refractivity contribution in [2.24, 2.45) is 0 Å². The van der Waals surface area contributed by atoms with Gasteiger partial charge in [-0.2, -0.15) is 0 Å². The number of furan rings is 1. The van der Waals surface area contributed by atoms with Crippen LogP contribution in [0.2, 0.25) is 0 Å². The molecule has 0 radical (unpaired) electrons. The molecule has 1 N–H and O–H groups in total. The van der Waals surface area contributed by atoms with Crippen molar-refractivity contribution < 1.29 is 9.15 Å². The average Bonchev–Trinajstić information content (AvgIpc) is 2.98. The maximum atomic E-state index is 5.41. The summed E-state index contributed by atoms with van der Waals surface area (Å²) in [6.45, 7) is 4.37. The minimum atomic E-state index is 0.262. The number of para-hydroxylation sites is 1. The summed E-state index contributed by atoms with van der Waals surface area (Å²) in [6, 6.07) is 12.8. The van der Waals surface area contributed by atoms with Crippen LogP contribution in [0.1, 0.15) is 37.6 Å². The minimum Gasteiger partial charge on any atom is -0.496 e. The molecule has 0 amide bonds. The van der Waals surface area contributed by atoms with Crippen LogP contribution in [0, 0.1) is 0 Å². The third-order valence-corrected chi connectivity index (χ3v) is 3.54. The van der Waals surface area contributed by atoms with Gasteiger partial charge in [0.15, 0.2) is 0 Å². The fraction of sp³-hybridized carbons (Fsp3) is 0.412. The van der Waals surface area contributed by atoms with Gasteiger partial charge in [0, 0.05) is 24.1 Å². The number of ether oxygens (including phenoxy) is 1. The molecule has 1 heterocycles. The summed E-state index contributed by atoms with van der Waals surface area (Å²) in [4.78, 5) is 0. The third kappa shape index (κ3) is 3.87. The highest BCUT2D eigenvalue weighted by Gasteiger charge is 2.13. The molecular weight excluding hydrogens is 250 g/mol. The Morgan fingerprint density at radius 3 is 2.65 bits per heavy atom. The van der Waals surface area contributed by atoms with E-state index in [1.54, 1.807) is 13.4 Å². The molecule has 20 heavy (non-hydrogen) atoms. The van der Waals surface area contributed by atoms with Crippen molar-refractivity contribution in [1.82, 2.24) is 5.32 Å². The summed E-state index contributed by atoms with van der Waals surface area (Å²) >= 11 is 0. The van der Waals surface area contributed by atoms with Gasteiger partial charge in [0.1, 0.15) is 11.5 Å². The van der Waals surface area contributed by atoms with Crippen LogP contribution in [-0.2, 0) is 6.42 Å². The zero-order valence-electron chi connectivity index (χ0n) is 12.4. The molecule has 0 aliphatic carbocycles. The summed E-state index contributed by atoms with van der Waals surface area (Å²) in [6.07, 6.45) is 3.73. The van der Waals surface area contributed by atoms with Gasteiger partial charge < -0.3 is 14.5 Å². The lowest BCUT2D eigenvalue weighted by Crippen LogP contribution is -2.29. The lowest BCUT2D eigenvalue weighted by atomic mass is 10.0. The van der Waals surface area contributed by atoms with Crippen LogP contribution in [-0.4, -0.2) is 13.2 Å². The monoisotopic (exact) mass is 273 g/mol. The van der Waals surface area contributed by atoms with E-state index in [1.807, 2.05) is 30.3 Å². The predicted octanol–water partition coefficient (Wildman–Crippen LogP) is 3.96. The van der Waals surface area contributed by atoms with Gasteiger partial charge in [-0.3, -0.25) is 0 Å². The maximum Gasteiger partial charge on any atom is 0.123 e. The Morgan fingerprint density at radius 2 is 1.95 bits per heavy atom. The molecule has 0 aliphatic rings. The van der Waals surface area contributed by atoms with Crippen LogP contribution in [0.3, 0.4) is 0 Å². The molecular formula is C17H23NO2. The Morgan fingerprint density at radius 1 is 1.15 bits per heavy atom. The molecule has 0 aliphatic heterocycles. The van der Waals surface area contributed by atoms with E-state index >= 15 is 0 Å². The summed E-state index contributed by atoms with van der Waals surface area (Å²) in [5.74, 6) is 1.98. The first-order chi connectivity index (χ1) is 9.70. The molecule has 1 aromatic heterocycles. The predicted molar refractivity (Wildman–Crippen MR) is 81.0 cm³/mol. The standard InChI is InChI=1S/C17H23NO2/c1-13(10-11-15-7-6-12-20-15)18-14(2)16-8-4-5-9-17(16)19-3/h4-9,12-14,18H,10-11H2,1-3H3/t13?,14-/m0/s1. The molecule has 0 saturated carbocycles. The first-order valence-corrected chi connectivity index (χ1v) is 7.12. The van der Waals surface area contributed by atoms with E-state index in [0.29, 0.717) is 6.04 Å². The van der Waals surface area contributed by atoms with Crippen LogP contribution in [0.25, 0.3) is 0 Å². The number of aryl methyl sites for hydroxylation is 1. The van der Waals surface area contributed by atoms with Gasteiger partial charge in [0.2, 0.25) is 0 Å². The molecule has 1 aromatic carbocycles. The largest absolute Gasteiger partial charge is 0.496 e. The zero-order chi connectivity index (χ0) is 14.4. The van der Waals surface area contributed by atoms with Crippen molar-refractivity contribution in [3.63, 3.8) is 0 Å². The van der Waals surface area contributed by atoms with Crippen molar-refractivity contribution in [3.05, 3.63) is 54.0 Å². The Labute approximate surface area is 121 Å². The zero-order valence-corrected chi connectivity index (χ0v) is 12.4.